The topological polar surface area (TPSA) is 84.2 Å². The van der Waals surface area contributed by atoms with Gasteiger partial charge in [0.15, 0.2) is 0 Å². The Morgan fingerprint density at radius 2 is 1.68 bits per heavy atom. The molecule has 156 valence electrons. The summed E-state index contributed by atoms with van der Waals surface area (Å²) < 4.78 is 2.13. The molecule has 0 saturated carbocycles. The van der Waals surface area contributed by atoms with Crippen molar-refractivity contribution >= 4 is 22.9 Å². The normalized spacial score (nSPS) is 10.9. The zero-order valence-electron chi connectivity index (χ0n) is 17.6. The van der Waals surface area contributed by atoms with E-state index in [0.29, 0.717) is 5.56 Å². The molecule has 1 heterocycles. The maximum Gasteiger partial charge on any atom is 0.335 e. The summed E-state index contributed by atoms with van der Waals surface area (Å²) in [6, 6.07) is 18.7. The van der Waals surface area contributed by atoms with E-state index in [1.54, 1.807) is 31.3 Å². The Morgan fingerprint density at radius 3 is 2.32 bits per heavy atom. The maximum absolute atomic E-state index is 12.1. The number of aromatic nitrogens is 2. The number of amides is 1. The molecule has 2 N–H and O–H groups in total. The maximum atomic E-state index is 12.1. The quantitative estimate of drug-likeness (QED) is 0.494. The summed E-state index contributed by atoms with van der Waals surface area (Å²) >= 11 is 0. The zero-order chi connectivity index (χ0) is 22.1. The van der Waals surface area contributed by atoms with Crippen LogP contribution in [0.4, 0.5) is 0 Å². The van der Waals surface area contributed by atoms with Gasteiger partial charge in [-0.05, 0) is 60.9 Å². The molecule has 0 radical (unpaired) electrons. The van der Waals surface area contributed by atoms with Gasteiger partial charge in [0.1, 0.15) is 5.82 Å². The number of carbonyl (C=O) groups is 2. The molecular weight excluding hydrogens is 390 g/mol. The van der Waals surface area contributed by atoms with E-state index in [4.69, 9.17) is 4.98 Å². The van der Waals surface area contributed by atoms with Gasteiger partial charge in [-0.1, -0.05) is 30.3 Å². The molecule has 0 unspecified atom stereocenters. The van der Waals surface area contributed by atoms with Gasteiger partial charge in [-0.15, -0.1) is 0 Å². The number of aromatic carboxylic acids is 1. The predicted octanol–water partition coefficient (Wildman–Crippen LogP) is 4.76. The molecule has 1 amide bonds. The van der Waals surface area contributed by atoms with Gasteiger partial charge in [0.2, 0.25) is 0 Å². The summed E-state index contributed by atoms with van der Waals surface area (Å²) in [5.41, 5.74) is 6.32. The number of hydrogen-bond acceptors (Lipinski definition) is 3. The molecule has 0 bridgehead atoms. The minimum Gasteiger partial charge on any atom is -0.478 e. The van der Waals surface area contributed by atoms with Crippen LogP contribution in [0.25, 0.3) is 33.5 Å². The van der Waals surface area contributed by atoms with E-state index in [9.17, 15) is 14.7 Å². The van der Waals surface area contributed by atoms with Crippen molar-refractivity contribution in [2.75, 3.05) is 7.05 Å². The number of fused-ring (bicyclic) bond motifs is 1. The smallest absolute Gasteiger partial charge is 0.335 e. The van der Waals surface area contributed by atoms with Crippen LogP contribution >= 0.6 is 0 Å². The van der Waals surface area contributed by atoms with Crippen LogP contribution in [-0.2, 0) is 6.54 Å². The Balaban J connectivity index is 1.92. The number of carboxylic acids is 1. The van der Waals surface area contributed by atoms with Gasteiger partial charge < -0.3 is 15.0 Å². The Labute approximate surface area is 180 Å². The first-order chi connectivity index (χ1) is 14.9. The highest BCUT2D eigenvalue weighted by Gasteiger charge is 2.18. The molecule has 0 saturated heterocycles. The molecule has 3 aromatic carbocycles. The van der Waals surface area contributed by atoms with Crippen LogP contribution in [0.15, 0.2) is 60.7 Å². The molecule has 6 nitrogen and oxygen atoms in total. The molecular formula is C25H23N3O3. The van der Waals surface area contributed by atoms with E-state index in [2.05, 4.69) is 16.8 Å². The number of benzene rings is 3. The van der Waals surface area contributed by atoms with Crippen molar-refractivity contribution in [2.24, 2.45) is 0 Å². The molecule has 6 heteroatoms. The Morgan fingerprint density at radius 1 is 0.968 bits per heavy atom. The highest BCUT2D eigenvalue weighted by atomic mass is 16.4. The highest BCUT2D eigenvalue weighted by Crippen LogP contribution is 2.35. The summed E-state index contributed by atoms with van der Waals surface area (Å²) in [4.78, 5) is 28.3. The third-order valence-corrected chi connectivity index (χ3v) is 5.49. The van der Waals surface area contributed by atoms with E-state index in [-0.39, 0.29) is 11.5 Å². The lowest BCUT2D eigenvalue weighted by atomic mass is 9.94. The Bertz CT molecular complexity index is 1320. The molecule has 0 fully saturated rings. The molecule has 0 aliphatic rings. The molecule has 0 aliphatic heterocycles. The zero-order valence-corrected chi connectivity index (χ0v) is 17.6. The van der Waals surface area contributed by atoms with E-state index in [1.807, 2.05) is 43.3 Å². The summed E-state index contributed by atoms with van der Waals surface area (Å²) in [6.07, 6.45) is 0. The number of carboxylic acid groups (broad SMARTS) is 1. The summed E-state index contributed by atoms with van der Waals surface area (Å²) in [5.74, 6) is -0.282. The number of imidazole rings is 1. The molecule has 1 aromatic heterocycles. The summed E-state index contributed by atoms with van der Waals surface area (Å²) in [6.45, 7) is 4.69. The second kappa shape index (κ2) is 8.07. The highest BCUT2D eigenvalue weighted by molar-refractivity contribution is 5.98. The van der Waals surface area contributed by atoms with Gasteiger partial charge in [0, 0.05) is 24.7 Å². The average Bonchev–Trinajstić information content (AvgIpc) is 3.16. The second-order valence-electron chi connectivity index (χ2n) is 7.34. The molecule has 0 spiro atoms. The monoisotopic (exact) mass is 413 g/mol. The molecule has 0 aliphatic carbocycles. The molecule has 0 atom stereocenters. The fourth-order valence-corrected chi connectivity index (χ4v) is 3.95. The van der Waals surface area contributed by atoms with E-state index >= 15 is 0 Å². The van der Waals surface area contributed by atoms with Crippen LogP contribution in [0.3, 0.4) is 0 Å². The van der Waals surface area contributed by atoms with Crippen molar-refractivity contribution in [3.63, 3.8) is 0 Å². The molecule has 4 rings (SSSR count). The van der Waals surface area contributed by atoms with Crippen molar-refractivity contribution in [3.8, 4) is 22.5 Å². The Kier molecular flexibility index (Phi) is 5.29. The second-order valence-corrected chi connectivity index (χ2v) is 7.34. The van der Waals surface area contributed by atoms with Crippen LogP contribution in [0, 0.1) is 6.92 Å². The van der Waals surface area contributed by atoms with Gasteiger partial charge >= 0.3 is 5.97 Å². The lowest BCUT2D eigenvalue weighted by Crippen LogP contribution is -2.17. The summed E-state index contributed by atoms with van der Waals surface area (Å²) in [7, 11) is 1.61. The van der Waals surface area contributed by atoms with E-state index < -0.39 is 5.97 Å². The SMILES string of the molecule is CCn1c(-c2ccccc2-c2ccc(C(=O)O)cc2C)nc2cc(C(=O)NC)ccc21. The molecule has 31 heavy (non-hydrogen) atoms. The number of carbonyl (C=O) groups excluding carboxylic acids is 1. The number of aryl methyl sites for hydroxylation is 2. The lowest BCUT2D eigenvalue weighted by molar-refractivity contribution is 0.0696. The van der Waals surface area contributed by atoms with E-state index in [0.717, 1.165) is 45.7 Å². The first-order valence-corrected chi connectivity index (χ1v) is 10.1. The minimum absolute atomic E-state index is 0.149. The number of nitrogens with one attached hydrogen (secondary N) is 1. The van der Waals surface area contributed by atoms with E-state index in [1.165, 1.54) is 0 Å². The Hall–Kier alpha value is -3.93. The standard InChI is InChI=1S/C25H23N3O3/c1-4-28-22-12-10-16(24(29)26-3)14-21(22)27-23(28)20-8-6-5-7-19(20)18-11-9-17(25(30)31)13-15(18)2/h5-14H,4H2,1-3H3,(H,26,29)(H,30,31). The fraction of sp³-hybridized carbons (Fsp3) is 0.160. The predicted molar refractivity (Wildman–Crippen MR) is 121 cm³/mol. The minimum atomic E-state index is -0.942. The van der Waals surface area contributed by atoms with Crippen LogP contribution in [0.5, 0.6) is 0 Å². The molecule has 4 aromatic rings. The first-order valence-electron chi connectivity index (χ1n) is 10.1. The summed E-state index contributed by atoms with van der Waals surface area (Å²) in [5, 5.41) is 11.9. The van der Waals surface area contributed by atoms with Crippen LogP contribution in [-0.4, -0.2) is 33.6 Å². The average molecular weight is 413 g/mol. The first kappa shape index (κ1) is 20.3. The number of nitrogens with zero attached hydrogens (tertiary/aromatic N) is 2. The van der Waals surface area contributed by atoms with Crippen LogP contribution < -0.4 is 5.32 Å². The van der Waals surface area contributed by atoms with Gasteiger partial charge in [-0.3, -0.25) is 4.79 Å². The van der Waals surface area contributed by atoms with Gasteiger partial charge in [0.05, 0.1) is 16.6 Å². The van der Waals surface area contributed by atoms with Gasteiger partial charge in [-0.2, -0.15) is 0 Å². The van der Waals surface area contributed by atoms with Crippen LogP contribution in [0.1, 0.15) is 33.2 Å². The van der Waals surface area contributed by atoms with Gasteiger partial charge in [-0.25, -0.2) is 9.78 Å². The van der Waals surface area contributed by atoms with Crippen LogP contribution in [0.2, 0.25) is 0 Å². The number of hydrogen-bond donors (Lipinski definition) is 2. The van der Waals surface area contributed by atoms with Crippen molar-refractivity contribution in [2.45, 2.75) is 20.4 Å². The van der Waals surface area contributed by atoms with Crippen molar-refractivity contribution in [3.05, 3.63) is 77.4 Å². The lowest BCUT2D eigenvalue weighted by Gasteiger charge is -2.14. The number of rotatable bonds is 5. The van der Waals surface area contributed by atoms with Crippen molar-refractivity contribution in [1.82, 2.24) is 14.9 Å². The fourth-order valence-electron chi connectivity index (χ4n) is 3.95. The van der Waals surface area contributed by atoms with Crippen molar-refractivity contribution < 1.29 is 14.7 Å². The third-order valence-electron chi connectivity index (χ3n) is 5.49. The van der Waals surface area contributed by atoms with Crippen molar-refractivity contribution in [1.29, 1.82) is 0 Å². The van der Waals surface area contributed by atoms with Gasteiger partial charge in [0.25, 0.3) is 5.91 Å². The third kappa shape index (κ3) is 3.57. The largest absolute Gasteiger partial charge is 0.478 e.